The van der Waals surface area contributed by atoms with Crippen molar-refractivity contribution in [2.45, 2.75) is 119 Å². The minimum atomic E-state index is -3.90. The normalized spacial score (nSPS) is 11.4. The van der Waals surface area contributed by atoms with Gasteiger partial charge in [-0.25, -0.2) is 0 Å². The van der Waals surface area contributed by atoms with E-state index < -0.39 is 10.1 Å². The highest BCUT2D eigenvalue weighted by Gasteiger charge is 2.21. The minimum absolute atomic E-state index is 0.260. The summed E-state index contributed by atoms with van der Waals surface area (Å²) < 4.78 is 37.1. The van der Waals surface area contributed by atoms with Crippen LogP contribution in [-0.2, 0) is 28.3 Å². The first-order chi connectivity index (χ1) is 22.2. The van der Waals surface area contributed by atoms with Gasteiger partial charge in [-0.2, -0.15) is 8.42 Å². The zero-order chi connectivity index (χ0) is 33.1. The van der Waals surface area contributed by atoms with Crippen molar-refractivity contribution >= 4 is 21.9 Å². The smallest absolute Gasteiger partial charge is 0.339 e. The van der Waals surface area contributed by atoms with Gasteiger partial charge in [0.05, 0.1) is 0 Å². The van der Waals surface area contributed by atoms with E-state index in [1.165, 1.54) is 72.9 Å². The van der Waals surface area contributed by atoms with Crippen molar-refractivity contribution in [1.29, 1.82) is 0 Å². The molecule has 0 fully saturated rings. The van der Waals surface area contributed by atoms with Crippen molar-refractivity contribution in [1.82, 2.24) is 0 Å². The Morgan fingerprint density at radius 2 is 1.02 bits per heavy atom. The predicted molar refractivity (Wildman–Crippen MR) is 195 cm³/mol. The molecular weight excluding hydrogens is 609 g/mol. The quantitative estimate of drug-likeness (QED) is 0.0489. The fourth-order valence-corrected chi connectivity index (χ4v) is 7.13. The molecule has 0 saturated heterocycles. The lowest BCUT2D eigenvalue weighted by atomic mass is 10.0. The molecule has 4 rings (SSSR count). The number of unbranched alkanes of at least 4 members (excludes halogenated alkanes) is 9. The number of thiol groups is 1. The molecule has 46 heavy (non-hydrogen) atoms. The Balaban J connectivity index is 0.000000365. The summed E-state index contributed by atoms with van der Waals surface area (Å²) in [5.74, 6) is 0.957. The van der Waals surface area contributed by atoms with Gasteiger partial charge >= 0.3 is 10.1 Å². The van der Waals surface area contributed by atoms with Crippen molar-refractivity contribution in [2.75, 3.05) is 0 Å². The largest absolute Gasteiger partial charge is 0.488 e. The number of benzene rings is 4. The molecule has 0 heterocycles. The Bertz CT molecular complexity index is 1440. The molecule has 0 aliphatic rings. The molecule has 0 aliphatic heterocycles. The van der Waals surface area contributed by atoms with Gasteiger partial charge in [-0.05, 0) is 93.8 Å². The lowest BCUT2D eigenvalue weighted by molar-refractivity contribution is 0.131. The molecule has 0 amide bonds. The summed E-state index contributed by atoms with van der Waals surface area (Å²) in [4.78, 5) is 2.94. The maximum atomic E-state index is 13.0. The van der Waals surface area contributed by atoms with Crippen LogP contribution in [0.1, 0.15) is 97.5 Å². The summed E-state index contributed by atoms with van der Waals surface area (Å²) in [6.45, 7) is 8.14. The Hall–Kier alpha value is -3.22. The molecule has 0 unspecified atom stereocenters. The third kappa shape index (κ3) is 14.9. The fraction of sp³-hybridized carbons (Fsp3) is 0.400. The molecule has 0 radical (unpaired) electrons. The summed E-state index contributed by atoms with van der Waals surface area (Å²) >= 11 is 1.28. The van der Waals surface area contributed by atoms with E-state index in [0.717, 1.165) is 24.8 Å². The Morgan fingerprint density at radius 3 is 1.54 bits per heavy atom. The molecule has 0 bridgehead atoms. The van der Waals surface area contributed by atoms with E-state index >= 15 is 0 Å². The van der Waals surface area contributed by atoms with Crippen LogP contribution < -0.4 is 8.92 Å². The highest BCUT2D eigenvalue weighted by Crippen LogP contribution is 2.26. The van der Waals surface area contributed by atoms with Gasteiger partial charge < -0.3 is 8.92 Å². The molecule has 0 aromatic heterocycles. The average molecular weight is 662 g/mol. The lowest BCUT2D eigenvalue weighted by Crippen LogP contribution is -2.22. The topological polar surface area (TPSA) is 52.6 Å². The maximum Gasteiger partial charge on any atom is 0.339 e. The summed E-state index contributed by atoms with van der Waals surface area (Å²) in [5, 5.41) is 0. The SMILES string of the molecule is CCCCCCCCCCCCc1ccccc1S(=O)(=O)Oc1ccc(OC(C)(C)C)cc1.c1ccc([SH+]c2ccccc2)cc1. The van der Waals surface area contributed by atoms with E-state index in [1.807, 2.05) is 45.0 Å². The second-order valence-corrected chi connectivity index (χ2v) is 15.3. The van der Waals surface area contributed by atoms with Gasteiger partial charge in [0.2, 0.25) is 0 Å². The van der Waals surface area contributed by atoms with Crippen LogP contribution >= 0.6 is 0 Å². The monoisotopic (exact) mass is 661 g/mol. The highest BCUT2D eigenvalue weighted by molar-refractivity contribution is 7.87. The number of rotatable bonds is 17. The van der Waals surface area contributed by atoms with Crippen LogP contribution in [0.25, 0.3) is 0 Å². The zero-order valence-corrected chi connectivity index (χ0v) is 29.9. The van der Waals surface area contributed by atoms with Crippen LogP contribution in [-0.4, -0.2) is 14.0 Å². The van der Waals surface area contributed by atoms with Crippen molar-refractivity contribution in [3.8, 4) is 11.5 Å². The molecular formula is C40H53O4S2+. The number of hydrogen-bond donors (Lipinski definition) is 0. The molecule has 0 atom stereocenters. The van der Waals surface area contributed by atoms with Gasteiger partial charge in [-0.15, -0.1) is 0 Å². The molecule has 0 aliphatic carbocycles. The Kier molecular flexibility index (Phi) is 16.3. The van der Waals surface area contributed by atoms with Crippen LogP contribution in [0.4, 0.5) is 0 Å². The first-order valence-corrected chi connectivity index (χ1v) is 19.1. The third-order valence-electron chi connectivity index (χ3n) is 7.27. The van der Waals surface area contributed by atoms with E-state index in [4.69, 9.17) is 8.92 Å². The van der Waals surface area contributed by atoms with E-state index in [9.17, 15) is 8.42 Å². The number of ether oxygens (including phenoxy) is 1. The molecule has 4 nitrogen and oxygen atoms in total. The molecule has 0 N–H and O–H groups in total. The molecule has 4 aromatic rings. The number of aryl methyl sites for hydroxylation is 1. The second kappa shape index (κ2) is 20.1. The molecule has 0 saturated carbocycles. The average Bonchev–Trinajstić information content (AvgIpc) is 3.04. The first kappa shape index (κ1) is 37.2. The van der Waals surface area contributed by atoms with Crippen molar-refractivity contribution in [2.24, 2.45) is 0 Å². The maximum absolute atomic E-state index is 13.0. The Labute approximate surface area is 283 Å². The third-order valence-corrected chi connectivity index (χ3v) is 9.73. The highest BCUT2D eigenvalue weighted by atomic mass is 32.2. The van der Waals surface area contributed by atoms with E-state index in [2.05, 4.69) is 55.5 Å². The molecule has 4 aromatic carbocycles. The summed E-state index contributed by atoms with van der Waals surface area (Å²) in [6.07, 6.45) is 13.3. The van der Waals surface area contributed by atoms with Gasteiger partial charge in [-0.3, -0.25) is 0 Å². The van der Waals surface area contributed by atoms with E-state index in [-0.39, 0.29) is 16.2 Å². The molecule has 248 valence electrons. The summed E-state index contributed by atoms with van der Waals surface area (Å²) in [5.41, 5.74) is 0.506. The lowest BCUT2D eigenvalue weighted by Gasteiger charge is -2.21. The number of hydrogen-bond acceptors (Lipinski definition) is 4. The second-order valence-electron chi connectivity index (χ2n) is 12.5. The van der Waals surface area contributed by atoms with Crippen LogP contribution in [0.2, 0.25) is 0 Å². The van der Waals surface area contributed by atoms with Gasteiger partial charge in [0, 0.05) is 11.8 Å². The summed E-state index contributed by atoms with van der Waals surface area (Å²) in [7, 11) is -3.90. The predicted octanol–water partition coefficient (Wildman–Crippen LogP) is 11.0. The fourth-order valence-electron chi connectivity index (χ4n) is 5.00. The van der Waals surface area contributed by atoms with Crippen LogP contribution in [0.15, 0.2) is 124 Å². The zero-order valence-electron chi connectivity index (χ0n) is 28.2. The van der Waals surface area contributed by atoms with E-state index in [0.29, 0.717) is 5.75 Å². The Morgan fingerprint density at radius 1 is 0.565 bits per heavy atom. The van der Waals surface area contributed by atoms with Gasteiger partial charge in [0.25, 0.3) is 0 Å². The first-order valence-electron chi connectivity index (χ1n) is 16.8. The standard InChI is InChI=1S/C28H42O4S.C12H10S/c1-5-6-7-8-9-10-11-12-13-14-17-24-18-15-16-19-27(24)33(29,30)32-26-22-20-25(21-23-26)31-28(2,3)4;1-3-7-11(8-4-1)13-12-9-5-2-6-10-12/h15-16,18-23H,5-14,17H2,1-4H3;1-10H/p+1. The van der Waals surface area contributed by atoms with Gasteiger partial charge in [0.15, 0.2) is 9.79 Å². The van der Waals surface area contributed by atoms with Crippen molar-refractivity contribution in [3.63, 3.8) is 0 Å². The minimum Gasteiger partial charge on any atom is -0.488 e. The van der Waals surface area contributed by atoms with Crippen molar-refractivity contribution in [3.05, 3.63) is 115 Å². The van der Waals surface area contributed by atoms with E-state index in [1.54, 1.807) is 36.4 Å². The van der Waals surface area contributed by atoms with Gasteiger partial charge in [-0.1, -0.05) is 119 Å². The molecule has 0 spiro atoms. The van der Waals surface area contributed by atoms with Crippen LogP contribution in [0.3, 0.4) is 0 Å². The van der Waals surface area contributed by atoms with Crippen LogP contribution in [0.5, 0.6) is 11.5 Å². The molecule has 6 heteroatoms. The van der Waals surface area contributed by atoms with Crippen LogP contribution in [0, 0.1) is 0 Å². The summed E-state index contributed by atoms with van der Waals surface area (Å²) in [6, 6.07) is 34.9. The van der Waals surface area contributed by atoms with Crippen molar-refractivity contribution < 1.29 is 17.3 Å². The van der Waals surface area contributed by atoms with Gasteiger partial charge in [0.1, 0.15) is 22.0 Å².